The van der Waals surface area contributed by atoms with E-state index in [1.807, 2.05) is 24.3 Å². The Hall–Kier alpha value is -1.26. The predicted octanol–water partition coefficient (Wildman–Crippen LogP) is 2.68. The molecule has 0 radical (unpaired) electrons. The Balaban J connectivity index is 1.39. The molecule has 0 saturated carbocycles. The van der Waals surface area contributed by atoms with Gasteiger partial charge in [0.2, 0.25) is 0 Å². The maximum Gasteiger partial charge on any atom is 0.119 e. The zero-order valence-corrected chi connectivity index (χ0v) is 13.6. The largest absolute Gasteiger partial charge is 0.494 e. The van der Waals surface area contributed by atoms with Gasteiger partial charge < -0.3 is 14.8 Å². The highest BCUT2D eigenvalue weighted by Crippen LogP contribution is 2.21. The van der Waals surface area contributed by atoms with Gasteiger partial charge in [-0.2, -0.15) is 0 Å². The maximum atomic E-state index is 5.87. The van der Waals surface area contributed by atoms with Gasteiger partial charge in [0.15, 0.2) is 0 Å². The van der Waals surface area contributed by atoms with E-state index in [0.717, 1.165) is 43.7 Å². The van der Waals surface area contributed by atoms with Crippen LogP contribution in [0.1, 0.15) is 32.6 Å². The van der Waals surface area contributed by atoms with Gasteiger partial charge in [-0.1, -0.05) is 6.92 Å². The number of likely N-dealkylation sites (tertiary alicyclic amines) is 1. The molecule has 2 bridgehead atoms. The van der Waals surface area contributed by atoms with Crippen LogP contribution in [0.4, 0.5) is 0 Å². The van der Waals surface area contributed by atoms with Crippen LogP contribution in [0.3, 0.4) is 0 Å². The van der Waals surface area contributed by atoms with Crippen molar-refractivity contribution in [1.29, 1.82) is 0 Å². The third-order valence-corrected chi connectivity index (χ3v) is 4.58. The number of benzene rings is 1. The van der Waals surface area contributed by atoms with Crippen LogP contribution in [0.5, 0.6) is 11.5 Å². The van der Waals surface area contributed by atoms with Crippen molar-refractivity contribution in [1.82, 2.24) is 10.2 Å². The summed E-state index contributed by atoms with van der Waals surface area (Å²) in [6, 6.07) is 9.42. The van der Waals surface area contributed by atoms with Crippen molar-refractivity contribution in [2.45, 2.75) is 44.7 Å². The van der Waals surface area contributed by atoms with E-state index in [9.17, 15) is 0 Å². The molecule has 0 aliphatic carbocycles. The molecule has 2 aliphatic rings. The van der Waals surface area contributed by atoms with Gasteiger partial charge >= 0.3 is 0 Å². The molecule has 122 valence electrons. The fraction of sp³-hybridized carbons (Fsp3) is 0.667. The molecule has 0 aromatic heterocycles. The predicted molar refractivity (Wildman–Crippen MR) is 88.7 cm³/mol. The van der Waals surface area contributed by atoms with Crippen LogP contribution in [0, 0.1) is 0 Å². The van der Waals surface area contributed by atoms with Gasteiger partial charge in [0.05, 0.1) is 6.61 Å². The van der Waals surface area contributed by atoms with Crippen LogP contribution in [-0.2, 0) is 0 Å². The molecular weight excluding hydrogens is 276 g/mol. The molecule has 2 atom stereocenters. The summed E-state index contributed by atoms with van der Waals surface area (Å²) in [4.78, 5) is 2.54. The van der Waals surface area contributed by atoms with E-state index in [0.29, 0.717) is 6.04 Å². The lowest BCUT2D eigenvalue weighted by molar-refractivity contribution is 0.201. The Labute approximate surface area is 133 Å². The third-order valence-electron chi connectivity index (χ3n) is 4.58. The molecule has 2 fully saturated rings. The van der Waals surface area contributed by atoms with Crippen LogP contribution in [0.2, 0.25) is 0 Å². The zero-order chi connectivity index (χ0) is 15.2. The van der Waals surface area contributed by atoms with Crippen molar-refractivity contribution >= 4 is 0 Å². The minimum Gasteiger partial charge on any atom is -0.494 e. The lowest BCUT2D eigenvalue weighted by Crippen LogP contribution is -2.37. The number of hydrogen-bond acceptors (Lipinski definition) is 4. The van der Waals surface area contributed by atoms with Gasteiger partial charge in [0, 0.05) is 25.2 Å². The van der Waals surface area contributed by atoms with Gasteiger partial charge in [0.25, 0.3) is 0 Å². The normalized spacial score (nSPS) is 25.0. The summed E-state index contributed by atoms with van der Waals surface area (Å²) in [7, 11) is 0. The van der Waals surface area contributed by atoms with Crippen molar-refractivity contribution in [3.05, 3.63) is 24.3 Å². The first kappa shape index (κ1) is 15.6. The van der Waals surface area contributed by atoms with E-state index < -0.39 is 0 Å². The summed E-state index contributed by atoms with van der Waals surface area (Å²) in [6.07, 6.45) is 5.01. The van der Waals surface area contributed by atoms with E-state index in [-0.39, 0.29) is 0 Å². The van der Waals surface area contributed by atoms with Crippen LogP contribution in [-0.4, -0.2) is 49.8 Å². The monoisotopic (exact) mass is 304 g/mol. The average molecular weight is 304 g/mol. The SMILES string of the molecule is CCCOc1ccc(OCCN2CCC3CCC(C2)N3)cc1. The first-order chi connectivity index (χ1) is 10.8. The molecule has 4 heteroatoms. The molecule has 0 amide bonds. The number of hydrogen-bond donors (Lipinski definition) is 1. The molecule has 4 nitrogen and oxygen atoms in total. The minimum absolute atomic E-state index is 0.697. The lowest BCUT2D eigenvalue weighted by atomic mass is 10.1. The topological polar surface area (TPSA) is 33.7 Å². The summed E-state index contributed by atoms with van der Waals surface area (Å²) in [5.74, 6) is 1.85. The molecule has 2 heterocycles. The highest BCUT2D eigenvalue weighted by molar-refractivity contribution is 5.31. The average Bonchev–Trinajstić information content (AvgIpc) is 2.88. The second kappa shape index (κ2) is 7.84. The second-order valence-corrected chi connectivity index (χ2v) is 6.40. The molecule has 1 aromatic carbocycles. The van der Waals surface area contributed by atoms with E-state index in [1.54, 1.807) is 0 Å². The smallest absolute Gasteiger partial charge is 0.119 e. The van der Waals surface area contributed by atoms with Gasteiger partial charge in [-0.05, 0) is 56.5 Å². The number of rotatable bonds is 7. The lowest BCUT2D eigenvalue weighted by Gasteiger charge is -2.23. The highest BCUT2D eigenvalue weighted by atomic mass is 16.5. The Morgan fingerprint density at radius 3 is 2.41 bits per heavy atom. The summed E-state index contributed by atoms with van der Waals surface area (Å²) >= 11 is 0. The van der Waals surface area contributed by atoms with Crippen molar-refractivity contribution in [3.63, 3.8) is 0 Å². The summed E-state index contributed by atoms with van der Waals surface area (Å²) < 4.78 is 11.5. The Bertz CT molecular complexity index is 449. The van der Waals surface area contributed by atoms with Gasteiger partial charge in [-0.25, -0.2) is 0 Å². The molecule has 1 aromatic rings. The Kier molecular flexibility index (Phi) is 5.57. The van der Waals surface area contributed by atoms with Gasteiger partial charge in [0.1, 0.15) is 18.1 Å². The molecule has 2 saturated heterocycles. The van der Waals surface area contributed by atoms with Crippen molar-refractivity contribution < 1.29 is 9.47 Å². The summed E-state index contributed by atoms with van der Waals surface area (Å²) in [5, 5.41) is 3.72. The molecule has 2 aliphatic heterocycles. The first-order valence-electron chi connectivity index (χ1n) is 8.67. The quantitative estimate of drug-likeness (QED) is 0.840. The fourth-order valence-electron chi connectivity index (χ4n) is 3.36. The van der Waals surface area contributed by atoms with E-state index in [4.69, 9.17) is 9.47 Å². The number of nitrogens with one attached hydrogen (secondary N) is 1. The van der Waals surface area contributed by atoms with E-state index in [2.05, 4.69) is 17.1 Å². The molecule has 1 N–H and O–H groups in total. The zero-order valence-electron chi connectivity index (χ0n) is 13.6. The summed E-state index contributed by atoms with van der Waals surface area (Å²) in [6.45, 7) is 7.02. The molecule has 0 spiro atoms. The minimum atomic E-state index is 0.697. The first-order valence-corrected chi connectivity index (χ1v) is 8.67. The standard InChI is InChI=1S/C18H28N2O2/c1-2-12-21-17-5-7-18(8-6-17)22-13-11-20-10-9-15-3-4-16(14-20)19-15/h5-8,15-16,19H,2-4,9-14H2,1H3. The van der Waals surface area contributed by atoms with Crippen molar-refractivity contribution in [2.24, 2.45) is 0 Å². The fourth-order valence-corrected chi connectivity index (χ4v) is 3.36. The number of nitrogens with zero attached hydrogens (tertiary/aromatic N) is 1. The van der Waals surface area contributed by atoms with Crippen LogP contribution < -0.4 is 14.8 Å². The van der Waals surface area contributed by atoms with Gasteiger partial charge in [-0.3, -0.25) is 4.90 Å². The van der Waals surface area contributed by atoms with Crippen molar-refractivity contribution in [2.75, 3.05) is 32.8 Å². The number of fused-ring (bicyclic) bond motifs is 2. The molecule has 22 heavy (non-hydrogen) atoms. The van der Waals surface area contributed by atoms with Crippen LogP contribution in [0.25, 0.3) is 0 Å². The third kappa shape index (κ3) is 4.37. The molecule has 3 rings (SSSR count). The maximum absolute atomic E-state index is 5.87. The summed E-state index contributed by atoms with van der Waals surface area (Å²) in [5.41, 5.74) is 0. The Morgan fingerprint density at radius 2 is 1.68 bits per heavy atom. The Morgan fingerprint density at radius 1 is 1.00 bits per heavy atom. The van der Waals surface area contributed by atoms with Crippen molar-refractivity contribution in [3.8, 4) is 11.5 Å². The molecular formula is C18H28N2O2. The van der Waals surface area contributed by atoms with E-state index >= 15 is 0 Å². The van der Waals surface area contributed by atoms with Crippen LogP contribution >= 0.6 is 0 Å². The number of ether oxygens (including phenoxy) is 2. The van der Waals surface area contributed by atoms with E-state index in [1.165, 1.54) is 32.4 Å². The highest BCUT2D eigenvalue weighted by Gasteiger charge is 2.28. The second-order valence-electron chi connectivity index (χ2n) is 6.40. The van der Waals surface area contributed by atoms with Crippen LogP contribution in [0.15, 0.2) is 24.3 Å². The van der Waals surface area contributed by atoms with Gasteiger partial charge in [-0.15, -0.1) is 0 Å². The molecule has 2 unspecified atom stereocenters.